The fourth-order valence-electron chi connectivity index (χ4n) is 2.25. The van der Waals surface area contributed by atoms with Gasteiger partial charge in [-0.25, -0.2) is 0 Å². The largest absolute Gasteiger partial charge is 0.347 e. The van der Waals surface area contributed by atoms with E-state index in [9.17, 15) is 4.79 Å². The third-order valence-electron chi connectivity index (χ3n) is 3.32. The molecule has 2 rings (SSSR count). The van der Waals surface area contributed by atoms with Crippen molar-refractivity contribution in [2.45, 2.75) is 57.5 Å². The number of hydrogen-bond acceptors (Lipinski definition) is 5. The van der Waals surface area contributed by atoms with Crippen molar-refractivity contribution < 1.29 is 9.32 Å². The maximum atomic E-state index is 11.3. The number of amides is 1. The lowest BCUT2D eigenvalue weighted by atomic mass is 9.99. The van der Waals surface area contributed by atoms with Crippen LogP contribution in [0, 0.1) is 0 Å². The smallest absolute Gasteiger partial charge is 0.246 e. The van der Waals surface area contributed by atoms with Crippen LogP contribution in [0.15, 0.2) is 4.52 Å². The molecule has 19 heavy (non-hydrogen) atoms. The Hall–Kier alpha value is -1.14. The van der Waals surface area contributed by atoms with Gasteiger partial charge in [0.2, 0.25) is 11.8 Å². The minimum absolute atomic E-state index is 0. The van der Waals surface area contributed by atoms with E-state index in [4.69, 9.17) is 10.3 Å². The number of nitrogens with two attached hydrogens (primary N) is 1. The number of hydrogen-bond donors (Lipinski definition) is 2. The fraction of sp³-hybridized carbons (Fsp3) is 0.750. The lowest BCUT2D eigenvalue weighted by molar-refractivity contribution is -0.121. The summed E-state index contributed by atoms with van der Waals surface area (Å²) < 4.78 is 5.11. The molecule has 0 bridgehead atoms. The molecule has 0 atom stereocenters. The first-order valence-corrected chi connectivity index (χ1v) is 6.53. The zero-order chi connectivity index (χ0) is 13.0. The van der Waals surface area contributed by atoms with Gasteiger partial charge in [0.15, 0.2) is 5.82 Å². The summed E-state index contributed by atoms with van der Waals surface area (Å²) in [5.41, 5.74) is 5.79. The maximum absolute atomic E-state index is 11.3. The summed E-state index contributed by atoms with van der Waals surface area (Å²) >= 11 is 0. The molecule has 1 aliphatic carbocycles. The summed E-state index contributed by atoms with van der Waals surface area (Å²) in [4.78, 5) is 15.6. The Bertz CT molecular complexity index is 416. The van der Waals surface area contributed by atoms with E-state index in [-0.39, 0.29) is 24.9 Å². The quantitative estimate of drug-likeness (QED) is 0.859. The van der Waals surface area contributed by atoms with E-state index in [0.717, 1.165) is 32.1 Å². The molecule has 108 valence electrons. The van der Waals surface area contributed by atoms with Crippen LogP contribution in [0.25, 0.3) is 0 Å². The molecular weight excluding hydrogens is 268 g/mol. The number of aromatic nitrogens is 2. The third-order valence-corrected chi connectivity index (χ3v) is 3.32. The molecule has 1 amide bonds. The van der Waals surface area contributed by atoms with Gasteiger partial charge in [0.25, 0.3) is 0 Å². The van der Waals surface area contributed by atoms with E-state index >= 15 is 0 Å². The molecule has 7 heteroatoms. The van der Waals surface area contributed by atoms with E-state index in [1.807, 2.05) is 6.92 Å². The third kappa shape index (κ3) is 3.91. The second kappa shape index (κ2) is 6.86. The molecule has 1 aromatic heterocycles. The minimum atomic E-state index is -0.435. The van der Waals surface area contributed by atoms with Gasteiger partial charge in [-0.2, -0.15) is 4.98 Å². The Kier molecular flexibility index (Phi) is 5.75. The van der Waals surface area contributed by atoms with Crippen molar-refractivity contribution >= 4 is 18.3 Å². The molecule has 0 saturated heterocycles. The zero-order valence-electron chi connectivity index (χ0n) is 11.1. The van der Waals surface area contributed by atoms with E-state index in [0.29, 0.717) is 18.1 Å². The second-order valence-electron chi connectivity index (χ2n) is 4.90. The number of nitrogens with one attached hydrogen (secondary N) is 1. The van der Waals surface area contributed by atoms with Crippen LogP contribution in [0.4, 0.5) is 0 Å². The van der Waals surface area contributed by atoms with Crippen molar-refractivity contribution in [3.8, 4) is 0 Å². The summed E-state index contributed by atoms with van der Waals surface area (Å²) in [6.45, 7) is 2.24. The van der Waals surface area contributed by atoms with Crippen LogP contribution in [0.1, 0.15) is 57.2 Å². The van der Waals surface area contributed by atoms with Gasteiger partial charge in [0, 0.05) is 6.42 Å². The molecule has 0 unspecified atom stereocenters. The number of carbonyl (C=O) groups is 1. The van der Waals surface area contributed by atoms with Crippen molar-refractivity contribution in [1.29, 1.82) is 0 Å². The van der Waals surface area contributed by atoms with Gasteiger partial charge in [-0.1, -0.05) is 24.9 Å². The highest BCUT2D eigenvalue weighted by Gasteiger charge is 2.35. The van der Waals surface area contributed by atoms with Gasteiger partial charge < -0.3 is 15.6 Å². The lowest BCUT2D eigenvalue weighted by Gasteiger charge is -2.17. The summed E-state index contributed by atoms with van der Waals surface area (Å²) in [5.74, 6) is 0.992. The van der Waals surface area contributed by atoms with E-state index < -0.39 is 5.54 Å². The summed E-state index contributed by atoms with van der Waals surface area (Å²) in [6.07, 6.45) is 5.35. The molecule has 1 aliphatic rings. The molecule has 1 saturated carbocycles. The first kappa shape index (κ1) is 15.9. The van der Waals surface area contributed by atoms with Crippen LogP contribution in [0.2, 0.25) is 0 Å². The van der Waals surface area contributed by atoms with Crippen molar-refractivity contribution in [2.24, 2.45) is 5.73 Å². The van der Waals surface area contributed by atoms with Gasteiger partial charge in [0.1, 0.15) is 0 Å². The highest BCUT2D eigenvalue weighted by Crippen LogP contribution is 2.34. The Morgan fingerprint density at radius 3 is 2.79 bits per heavy atom. The van der Waals surface area contributed by atoms with Crippen LogP contribution in [-0.2, 0) is 16.9 Å². The maximum Gasteiger partial charge on any atom is 0.246 e. The monoisotopic (exact) mass is 288 g/mol. The van der Waals surface area contributed by atoms with Crippen molar-refractivity contribution in [3.05, 3.63) is 11.7 Å². The van der Waals surface area contributed by atoms with Gasteiger partial charge >= 0.3 is 0 Å². The molecular formula is C12H21ClN4O2. The second-order valence-corrected chi connectivity index (χ2v) is 4.90. The van der Waals surface area contributed by atoms with Crippen LogP contribution in [0.3, 0.4) is 0 Å². The van der Waals surface area contributed by atoms with Gasteiger partial charge in [-0.15, -0.1) is 12.4 Å². The number of carbonyl (C=O) groups excluding carboxylic acids is 1. The van der Waals surface area contributed by atoms with Crippen LogP contribution < -0.4 is 11.1 Å². The van der Waals surface area contributed by atoms with Crippen LogP contribution in [-0.4, -0.2) is 16.0 Å². The predicted octanol–water partition coefficient (Wildman–Crippen LogP) is 1.64. The van der Waals surface area contributed by atoms with Crippen molar-refractivity contribution in [2.75, 3.05) is 0 Å². The summed E-state index contributed by atoms with van der Waals surface area (Å²) in [7, 11) is 0. The molecule has 1 heterocycles. The first-order chi connectivity index (χ1) is 8.64. The molecule has 0 spiro atoms. The molecule has 1 aromatic rings. The average molecular weight is 289 g/mol. The molecule has 1 fully saturated rings. The molecule has 0 aliphatic heterocycles. The fourth-order valence-corrected chi connectivity index (χ4v) is 2.25. The number of halogens is 1. The van der Waals surface area contributed by atoms with Gasteiger partial charge in [-0.05, 0) is 19.3 Å². The number of nitrogens with zero attached hydrogens (tertiary/aromatic N) is 2. The Morgan fingerprint density at radius 2 is 2.16 bits per heavy atom. The standard InChI is InChI=1S/C12H20N4O2.ClH/c1-2-5-9(17)14-8-10-15-11(16-18-10)12(13)6-3-4-7-12;/h2-8,13H2,1H3,(H,14,17);1H. The minimum Gasteiger partial charge on any atom is -0.347 e. The SMILES string of the molecule is CCCC(=O)NCc1nc(C2(N)CCCC2)no1.Cl. The Labute approximate surface area is 118 Å². The molecule has 0 aromatic carbocycles. The van der Waals surface area contributed by atoms with Crippen molar-refractivity contribution in [1.82, 2.24) is 15.5 Å². The Morgan fingerprint density at radius 1 is 1.47 bits per heavy atom. The summed E-state index contributed by atoms with van der Waals surface area (Å²) in [6, 6.07) is 0. The summed E-state index contributed by atoms with van der Waals surface area (Å²) in [5, 5.41) is 6.67. The highest BCUT2D eigenvalue weighted by atomic mass is 35.5. The predicted molar refractivity (Wildman–Crippen MR) is 72.6 cm³/mol. The van der Waals surface area contributed by atoms with E-state index in [1.54, 1.807) is 0 Å². The Balaban J connectivity index is 0.00000180. The van der Waals surface area contributed by atoms with Gasteiger partial charge in [-0.3, -0.25) is 4.79 Å². The topological polar surface area (TPSA) is 94.0 Å². The molecule has 6 nitrogen and oxygen atoms in total. The average Bonchev–Trinajstić information content (AvgIpc) is 2.96. The zero-order valence-corrected chi connectivity index (χ0v) is 12.0. The highest BCUT2D eigenvalue weighted by molar-refractivity contribution is 5.85. The normalized spacial score (nSPS) is 16.9. The molecule has 3 N–H and O–H groups in total. The van der Waals surface area contributed by atoms with Gasteiger partial charge in [0.05, 0.1) is 12.1 Å². The van der Waals surface area contributed by atoms with Crippen LogP contribution >= 0.6 is 12.4 Å². The first-order valence-electron chi connectivity index (χ1n) is 6.53. The van der Waals surface area contributed by atoms with E-state index in [1.165, 1.54) is 0 Å². The number of rotatable bonds is 5. The van der Waals surface area contributed by atoms with Crippen molar-refractivity contribution in [3.63, 3.8) is 0 Å². The lowest BCUT2D eigenvalue weighted by Crippen LogP contribution is -2.34. The molecule has 0 radical (unpaired) electrons. The van der Waals surface area contributed by atoms with Crippen LogP contribution in [0.5, 0.6) is 0 Å². The van der Waals surface area contributed by atoms with E-state index in [2.05, 4.69) is 15.5 Å².